The zero-order chi connectivity index (χ0) is 4.12. The lowest BCUT2D eigenvalue weighted by Crippen LogP contribution is -2.02. The Kier molecular flexibility index (Phi) is 3.86. The molecule has 2 nitrogen and oxygen atoms in total. The number of nitrogens with two attached hydrogens (primary N) is 1. The molecule has 0 aromatic carbocycles. The maximum Gasteiger partial charge on any atom is 0.0940 e. The van der Waals surface area contributed by atoms with Crippen molar-refractivity contribution in [3.8, 4) is 0 Å². The summed E-state index contributed by atoms with van der Waals surface area (Å²) < 4.78 is 4.61. The van der Waals surface area contributed by atoms with Crippen molar-refractivity contribution in [2.45, 2.75) is 6.92 Å². The molecule has 0 aromatic rings. The minimum atomic E-state index is 0.344. The second kappa shape index (κ2) is 3.92. The van der Waals surface area contributed by atoms with Crippen LogP contribution in [-0.4, -0.2) is 13.3 Å². The van der Waals surface area contributed by atoms with E-state index in [9.17, 15) is 0 Å². The van der Waals surface area contributed by atoms with E-state index in [2.05, 4.69) is 4.74 Å². The van der Waals surface area contributed by atoms with Crippen molar-refractivity contribution in [2.24, 2.45) is 5.73 Å². The third-order valence-corrected chi connectivity index (χ3v) is 0.322. The van der Waals surface area contributed by atoms with E-state index in [1.807, 2.05) is 6.92 Å². The van der Waals surface area contributed by atoms with Gasteiger partial charge >= 0.3 is 0 Å². The van der Waals surface area contributed by atoms with Gasteiger partial charge in [-0.2, -0.15) is 0 Å². The molecule has 0 aliphatic heterocycles. The van der Waals surface area contributed by atoms with Crippen LogP contribution in [0.5, 0.6) is 0 Å². The van der Waals surface area contributed by atoms with Gasteiger partial charge in [0.05, 0.1) is 6.73 Å². The first-order chi connectivity index (χ1) is 2.41. The van der Waals surface area contributed by atoms with E-state index in [1.54, 1.807) is 0 Å². The molecule has 2 N–H and O–H groups in total. The van der Waals surface area contributed by atoms with Gasteiger partial charge in [-0.25, -0.2) is 0 Å². The number of rotatable bonds is 2. The molecular formula is C3H9NO. The van der Waals surface area contributed by atoms with E-state index in [0.717, 1.165) is 6.61 Å². The molecule has 0 saturated heterocycles. The molecule has 0 spiro atoms. The smallest absolute Gasteiger partial charge is 0.0940 e. The van der Waals surface area contributed by atoms with Crippen molar-refractivity contribution in [3.63, 3.8) is 0 Å². The van der Waals surface area contributed by atoms with E-state index < -0.39 is 0 Å². The van der Waals surface area contributed by atoms with Crippen molar-refractivity contribution >= 4 is 0 Å². The molecule has 2 heteroatoms. The van der Waals surface area contributed by atoms with E-state index in [1.165, 1.54) is 0 Å². The summed E-state index contributed by atoms with van der Waals surface area (Å²) in [5.74, 6) is 0. The lowest BCUT2D eigenvalue weighted by atomic mass is 10.9. The maximum absolute atomic E-state index is 4.92. The van der Waals surface area contributed by atoms with Crippen LogP contribution in [0.4, 0.5) is 0 Å². The van der Waals surface area contributed by atoms with Crippen LogP contribution in [-0.2, 0) is 4.74 Å². The third kappa shape index (κ3) is 3.92. The second-order valence-electron chi connectivity index (χ2n) is 0.659. The Bertz CT molecular complexity index is 14.4. The first-order valence-electron chi connectivity index (χ1n) is 1.69. The molecule has 5 heavy (non-hydrogen) atoms. The van der Waals surface area contributed by atoms with Crippen LogP contribution < -0.4 is 5.73 Å². The molecule has 0 aliphatic rings. The summed E-state index contributed by atoms with van der Waals surface area (Å²) in [5, 5.41) is 0. The van der Waals surface area contributed by atoms with Crippen LogP contribution in [0.1, 0.15) is 6.92 Å². The van der Waals surface area contributed by atoms with Gasteiger partial charge in [0.25, 0.3) is 0 Å². The molecule has 0 aromatic heterocycles. The summed E-state index contributed by atoms with van der Waals surface area (Å²) in [7, 11) is 0. The Morgan fingerprint density at radius 3 is 2.40 bits per heavy atom. The predicted molar refractivity (Wildman–Crippen MR) is 20.7 cm³/mol. The fourth-order valence-electron chi connectivity index (χ4n) is 0.118. The largest absolute Gasteiger partial charge is 0.367 e. The standard InChI is InChI=1S/C3H9NO/c1-2-5-3-4/h2-4H2,1H3. The van der Waals surface area contributed by atoms with E-state index in [0.29, 0.717) is 6.73 Å². The Hall–Kier alpha value is -0.0800. The Labute approximate surface area is 31.9 Å². The molecule has 32 valence electrons. The zero-order valence-corrected chi connectivity index (χ0v) is 3.40. The average molecular weight is 75.1 g/mol. The third-order valence-electron chi connectivity index (χ3n) is 0.322. The first kappa shape index (κ1) is 4.92. The van der Waals surface area contributed by atoms with Crippen molar-refractivity contribution < 1.29 is 4.74 Å². The van der Waals surface area contributed by atoms with Gasteiger partial charge in [0.15, 0.2) is 0 Å². The topological polar surface area (TPSA) is 35.2 Å². The van der Waals surface area contributed by atoms with Crippen molar-refractivity contribution in [3.05, 3.63) is 0 Å². The molecule has 0 saturated carbocycles. The van der Waals surface area contributed by atoms with Gasteiger partial charge in [0.1, 0.15) is 0 Å². The van der Waals surface area contributed by atoms with Gasteiger partial charge in [-0.1, -0.05) is 0 Å². The summed E-state index contributed by atoms with van der Waals surface area (Å²) in [6, 6.07) is 0. The zero-order valence-electron chi connectivity index (χ0n) is 3.40. The van der Waals surface area contributed by atoms with E-state index in [4.69, 9.17) is 5.73 Å². The fourth-order valence-corrected chi connectivity index (χ4v) is 0.118. The number of hydrogen-bond donors (Lipinski definition) is 1. The highest BCUT2D eigenvalue weighted by Crippen LogP contribution is 1.58. The second-order valence-corrected chi connectivity index (χ2v) is 0.659. The summed E-state index contributed by atoms with van der Waals surface area (Å²) in [4.78, 5) is 0. The molecular weight excluding hydrogens is 66.0 g/mol. The Morgan fingerprint density at radius 1 is 1.80 bits per heavy atom. The van der Waals surface area contributed by atoms with Crippen LogP contribution in [0.25, 0.3) is 0 Å². The lowest BCUT2D eigenvalue weighted by Gasteiger charge is -1.86. The molecule has 0 fully saturated rings. The highest BCUT2D eigenvalue weighted by molar-refractivity contribution is 4.04. The van der Waals surface area contributed by atoms with Crippen molar-refractivity contribution in [2.75, 3.05) is 13.3 Å². The van der Waals surface area contributed by atoms with Gasteiger partial charge in [0.2, 0.25) is 0 Å². The van der Waals surface area contributed by atoms with Gasteiger partial charge in [0, 0.05) is 6.61 Å². The number of ether oxygens (including phenoxy) is 1. The summed E-state index contributed by atoms with van der Waals surface area (Å²) in [6.45, 7) is 2.97. The number of hydrogen-bond acceptors (Lipinski definition) is 2. The summed E-state index contributed by atoms with van der Waals surface area (Å²) in [5.41, 5.74) is 4.92. The summed E-state index contributed by atoms with van der Waals surface area (Å²) >= 11 is 0. The Morgan fingerprint density at radius 2 is 2.40 bits per heavy atom. The van der Waals surface area contributed by atoms with Crippen LogP contribution in [0, 0.1) is 0 Å². The highest BCUT2D eigenvalue weighted by Gasteiger charge is 1.63. The van der Waals surface area contributed by atoms with Crippen molar-refractivity contribution in [1.29, 1.82) is 0 Å². The van der Waals surface area contributed by atoms with Crippen LogP contribution in [0.15, 0.2) is 0 Å². The minimum Gasteiger partial charge on any atom is -0.367 e. The van der Waals surface area contributed by atoms with E-state index >= 15 is 0 Å². The van der Waals surface area contributed by atoms with E-state index in [-0.39, 0.29) is 0 Å². The monoisotopic (exact) mass is 75.1 g/mol. The molecule has 0 bridgehead atoms. The maximum atomic E-state index is 4.92. The van der Waals surface area contributed by atoms with Gasteiger partial charge in [-0.3, -0.25) is 0 Å². The molecule has 0 rings (SSSR count). The fraction of sp³-hybridized carbons (Fsp3) is 1.00. The van der Waals surface area contributed by atoms with Gasteiger partial charge in [-0.15, -0.1) is 0 Å². The predicted octanol–water partition coefficient (Wildman–Crippen LogP) is -0.0609. The average Bonchev–Trinajstić information content (AvgIpc) is 1.41. The van der Waals surface area contributed by atoms with Gasteiger partial charge < -0.3 is 10.5 Å². The molecule has 0 aliphatic carbocycles. The van der Waals surface area contributed by atoms with Crippen molar-refractivity contribution in [1.82, 2.24) is 0 Å². The molecule has 0 heterocycles. The molecule has 0 atom stereocenters. The normalized spacial score (nSPS) is 8.40. The highest BCUT2D eigenvalue weighted by atomic mass is 16.5. The lowest BCUT2D eigenvalue weighted by molar-refractivity contribution is 0.155. The molecule has 0 radical (unpaired) electrons. The minimum absolute atomic E-state index is 0.344. The van der Waals surface area contributed by atoms with Crippen LogP contribution >= 0.6 is 0 Å². The first-order valence-corrected chi connectivity index (χ1v) is 1.69. The van der Waals surface area contributed by atoms with Crippen LogP contribution in [0.2, 0.25) is 0 Å². The quantitative estimate of drug-likeness (QED) is 0.467. The molecule has 0 unspecified atom stereocenters. The summed E-state index contributed by atoms with van der Waals surface area (Å²) in [6.07, 6.45) is 0. The SMILES string of the molecule is CCOCN. The Balaban J connectivity index is 2.19. The van der Waals surface area contributed by atoms with Gasteiger partial charge in [-0.05, 0) is 6.92 Å². The molecule has 0 amide bonds. The van der Waals surface area contributed by atoms with Crippen LogP contribution in [0.3, 0.4) is 0 Å².